The second-order valence-corrected chi connectivity index (χ2v) is 8.00. The molecule has 0 bridgehead atoms. The van der Waals surface area contributed by atoms with E-state index < -0.39 is 0 Å². The number of esters is 1. The molecule has 2 atom stereocenters. The fraction of sp³-hybridized carbons (Fsp3) is 0.733. The van der Waals surface area contributed by atoms with E-state index in [1.807, 2.05) is 0 Å². The van der Waals surface area contributed by atoms with E-state index in [9.17, 15) is 9.59 Å². The average Bonchev–Trinajstić information content (AvgIpc) is 3.01. The summed E-state index contributed by atoms with van der Waals surface area (Å²) in [6.45, 7) is 6.32. The maximum absolute atomic E-state index is 12.2. The van der Waals surface area contributed by atoms with E-state index in [1.54, 1.807) is 6.92 Å². The Labute approximate surface area is 150 Å². The molecule has 1 aliphatic heterocycles. The van der Waals surface area contributed by atoms with E-state index in [4.69, 9.17) is 4.74 Å². The second-order valence-electron chi connectivity index (χ2n) is 5.80. The van der Waals surface area contributed by atoms with Crippen LogP contribution in [0.5, 0.6) is 0 Å². The number of carbonyl (C=O) groups is 2. The van der Waals surface area contributed by atoms with Crippen LogP contribution < -0.4 is 10.6 Å². The minimum absolute atomic E-state index is 0.0360. The van der Waals surface area contributed by atoms with Crippen molar-refractivity contribution in [1.82, 2.24) is 15.5 Å². The summed E-state index contributed by atoms with van der Waals surface area (Å²) >= 11 is 2.54. The van der Waals surface area contributed by atoms with Gasteiger partial charge in [0.05, 0.1) is 12.4 Å². The van der Waals surface area contributed by atoms with Crippen LogP contribution in [-0.2, 0) is 14.3 Å². The molecule has 1 aromatic heterocycles. The van der Waals surface area contributed by atoms with Crippen molar-refractivity contribution in [2.45, 2.75) is 37.4 Å². The third-order valence-electron chi connectivity index (χ3n) is 3.92. The first-order chi connectivity index (χ1) is 11.6. The SMILES string of the molecule is CCOC(=O)CSc1nnc(NC(=O)CC(C)C2CCCNC2)s1. The van der Waals surface area contributed by atoms with Gasteiger partial charge in [0, 0.05) is 6.42 Å². The van der Waals surface area contributed by atoms with Gasteiger partial charge in [-0.3, -0.25) is 9.59 Å². The number of nitrogens with one attached hydrogen (secondary N) is 2. The third-order valence-corrected chi connectivity index (χ3v) is 5.86. The van der Waals surface area contributed by atoms with Gasteiger partial charge in [0.25, 0.3) is 0 Å². The Morgan fingerprint density at radius 2 is 2.33 bits per heavy atom. The molecule has 2 unspecified atom stereocenters. The molecule has 1 aromatic rings. The molecule has 7 nitrogen and oxygen atoms in total. The summed E-state index contributed by atoms with van der Waals surface area (Å²) in [6, 6.07) is 0. The monoisotopic (exact) mass is 372 g/mol. The van der Waals surface area contributed by atoms with Crippen molar-refractivity contribution < 1.29 is 14.3 Å². The normalized spacial score (nSPS) is 18.8. The molecule has 0 spiro atoms. The lowest BCUT2D eigenvalue weighted by Gasteiger charge is -2.27. The first-order valence-electron chi connectivity index (χ1n) is 8.21. The van der Waals surface area contributed by atoms with Crippen LogP contribution in [0.1, 0.15) is 33.1 Å². The number of carbonyl (C=O) groups excluding carboxylic acids is 2. The van der Waals surface area contributed by atoms with Crippen LogP contribution >= 0.6 is 23.1 Å². The topological polar surface area (TPSA) is 93.2 Å². The number of nitrogens with zero attached hydrogens (tertiary/aromatic N) is 2. The molecule has 2 rings (SSSR count). The summed E-state index contributed by atoms with van der Waals surface area (Å²) in [5.74, 6) is 0.768. The average molecular weight is 373 g/mol. The highest BCUT2D eigenvalue weighted by Gasteiger charge is 2.22. The maximum Gasteiger partial charge on any atom is 0.316 e. The lowest BCUT2D eigenvalue weighted by atomic mass is 9.85. The molecular weight excluding hydrogens is 348 g/mol. The molecule has 9 heteroatoms. The van der Waals surface area contributed by atoms with Crippen molar-refractivity contribution in [2.75, 3.05) is 30.8 Å². The molecule has 0 aliphatic carbocycles. The number of hydrogen-bond donors (Lipinski definition) is 2. The largest absolute Gasteiger partial charge is 0.465 e. The number of rotatable bonds is 8. The van der Waals surface area contributed by atoms with Crippen molar-refractivity contribution in [3.05, 3.63) is 0 Å². The zero-order chi connectivity index (χ0) is 17.4. The van der Waals surface area contributed by atoms with Gasteiger partial charge in [-0.15, -0.1) is 10.2 Å². The van der Waals surface area contributed by atoms with Crippen LogP contribution in [0.3, 0.4) is 0 Å². The minimum atomic E-state index is -0.279. The Morgan fingerprint density at radius 1 is 1.50 bits per heavy atom. The first-order valence-corrected chi connectivity index (χ1v) is 10.0. The summed E-state index contributed by atoms with van der Waals surface area (Å²) in [4.78, 5) is 23.5. The van der Waals surface area contributed by atoms with Crippen LogP contribution in [0.2, 0.25) is 0 Å². The summed E-state index contributed by atoms with van der Waals surface area (Å²) < 4.78 is 5.50. The van der Waals surface area contributed by atoms with Gasteiger partial charge in [-0.25, -0.2) is 0 Å². The van der Waals surface area contributed by atoms with Crippen molar-refractivity contribution in [2.24, 2.45) is 11.8 Å². The van der Waals surface area contributed by atoms with Gasteiger partial charge in [0.15, 0.2) is 4.34 Å². The number of amides is 1. The number of piperidine rings is 1. The van der Waals surface area contributed by atoms with Gasteiger partial charge in [0.1, 0.15) is 0 Å². The van der Waals surface area contributed by atoms with Crippen LogP contribution in [0.4, 0.5) is 5.13 Å². The third kappa shape index (κ3) is 6.37. The molecule has 1 amide bonds. The number of thioether (sulfide) groups is 1. The summed E-state index contributed by atoms with van der Waals surface area (Å²) in [5, 5.41) is 14.6. The van der Waals surface area contributed by atoms with Crippen molar-refractivity contribution in [1.29, 1.82) is 0 Å². The highest BCUT2D eigenvalue weighted by molar-refractivity contribution is 8.01. The highest BCUT2D eigenvalue weighted by Crippen LogP contribution is 2.27. The Bertz CT molecular complexity index is 547. The molecule has 2 N–H and O–H groups in total. The molecule has 1 saturated heterocycles. The quantitative estimate of drug-likeness (QED) is 0.410. The summed E-state index contributed by atoms with van der Waals surface area (Å²) in [5.41, 5.74) is 0. The molecule has 1 fully saturated rings. The lowest BCUT2D eigenvalue weighted by Crippen LogP contribution is -2.34. The highest BCUT2D eigenvalue weighted by atomic mass is 32.2. The van der Waals surface area contributed by atoms with E-state index in [0.29, 0.717) is 34.3 Å². The van der Waals surface area contributed by atoms with Gasteiger partial charge in [-0.1, -0.05) is 30.0 Å². The summed E-state index contributed by atoms with van der Waals surface area (Å²) in [7, 11) is 0. The van der Waals surface area contributed by atoms with Crippen molar-refractivity contribution in [3.8, 4) is 0 Å². The molecule has 134 valence electrons. The molecular formula is C15H24N4O3S2. The predicted octanol–water partition coefficient (Wildman–Crippen LogP) is 2.16. The minimum Gasteiger partial charge on any atom is -0.465 e. The van der Waals surface area contributed by atoms with Gasteiger partial charge < -0.3 is 15.4 Å². The van der Waals surface area contributed by atoms with E-state index in [1.165, 1.54) is 35.9 Å². The van der Waals surface area contributed by atoms with Crippen LogP contribution in [0.15, 0.2) is 4.34 Å². The van der Waals surface area contributed by atoms with E-state index in [2.05, 4.69) is 27.8 Å². The predicted molar refractivity (Wildman–Crippen MR) is 95.3 cm³/mol. The van der Waals surface area contributed by atoms with Crippen LogP contribution in [0.25, 0.3) is 0 Å². The second kappa shape index (κ2) is 9.95. The zero-order valence-corrected chi connectivity index (χ0v) is 15.7. The van der Waals surface area contributed by atoms with Gasteiger partial charge >= 0.3 is 5.97 Å². The molecule has 0 saturated carbocycles. The molecule has 1 aliphatic rings. The zero-order valence-electron chi connectivity index (χ0n) is 14.0. The van der Waals surface area contributed by atoms with Crippen LogP contribution in [0, 0.1) is 11.8 Å². The Morgan fingerprint density at radius 3 is 3.04 bits per heavy atom. The fourth-order valence-electron chi connectivity index (χ4n) is 2.64. The first kappa shape index (κ1) is 19.1. The summed E-state index contributed by atoms with van der Waals surface area (Å²) in [6.07, 6.45) is 2.83. The molecule has 0 aromatic carbocycles. The van der Waals surface area contributed by atoms with Gasteiger partial charge in [-0.2, -0.15) is 0 Å². The Hall–Kier alpha value is -1.19. The number of ether oxygens (including phenoxy) is 1. The maximum atomic E-state index is 12.2. The lowest BCUT2D eigenvalue weighted by molar-refractivity contribution is -0.139. The van der Waals surface area contributed by atoms with E-state index >= 15 is 0 Å². The smallest absolute Gasteiger partial charge is 0.316 e. The number of aromatic nitrogens is 2. The van der Waals surface area contributed by atoms with Crippen molar-refractivity contribution >= 4 is 40.1 Å². The molecule has 24 heavy (non-hydrogen) atoms. The molecule has 2 heterocycles. The van der Waals surface area contributed by atoms with Gasteiger partial charge in [-0.05, 0) is 44.7 Å². The number of anilines is 1. The fourth-order valence-corrected chi connectivity index (χ4v) is 4.20. The van der Waals surface area contributed by atoms with Gasteiger partial charge in [0.2, 0.25) is 11.0 Å². The van der Waals surface area contributed by atoms with Crippen LogP contribution in [-0.4, -0.2) is 47.5 Å². The van der Waals surface area contributed by atoms with E-state index in [-0.39, 0.29) is 17.6 Å². The Kier molecular flexibility index (Phi) is 7.93. The van der Waals surface area contributed by atoms with E-state index in [0.717, 1.165) is 13.1 Å². The number of hydrogen-bond acceptors (Lipinski definition) is 8. The molecule has 0 radical (unpaired) electrons. The standard InChI is InChI=1S/C15H24N4O3S2/c1-3-22-13(21)9-23-15-19-18-14(24-15)17-12(20)7-10(2)11-5-4-6-16-8-11/h10-11,16H,3-9H2,1-2H3,(H,17,18,20). The Balaban J connectivity index is 1.74. The van der Waals surface area contributed by atoms with Crippen molar-refractivity contribution in [3.63, 3.8) is 0 Å².